The fraction of sp³-hybridized carbons (Fsp3) is 0.615. The number of pyridine rings is 1. The van der Waals surface area contributed by atoms with Crippen molar-refractivity contribution in [2.24, 2.45) is 0 Å². The van der Waals surface area contributed by atoms with E-state index in [1.807, 2.05) is 10.6 Å². The van der Waals surface area contributed by atoms with Gasteiger partial charge in [-0.25, -0.2) is 0 Å². The molecule has 2 aliphatic rings. The molecule has 1 saturated carbocycles. The van der Waals surface area contributed by atoms with Gasteiger partial charge in [0.05, 0.1) is 5.69 Å². The lowest BCUT2D eigenvalue weighted by molar-refractivity contribution is 0.486. The van der Waals surface area contributed by atoms with Crippen LogP contribution in [0.5, 0.6) is 0 Å². The summed E-state index contributed by atoms with van der Waals surface area (Å²) in [6.07, 6.45) is 8.12. The van der Waals surface area contributed by atoms with Crippen molar-refractivity contribution in [3.63, 3.8) is 0 Å². The van der Waals surface area contributed by atoms with Crippen LogP contribution in [0.4, 0.5) is 5.69 Å². The van der Waals surface area contributed by atoms with Gasteiger partial charge in [0.15, 0.2) is 0 Å². The minimum atomic E-state index is 0.0487. The minimum Gasteiger partial charge on any atom is -0.394 e. The molecule has 0 radical (unpaired) electrons. The van der Waals surface area contributed by atoms with Gasteiger partial charge in [-0.05, 0) is 43.7 Å². The van der Waals surface area contributed by atoms with Gasteiger partial charge in [0.1, 0.15) is 0 Å². The Bertz CT molecular complexity index is 470. The molecule has 16 heavy (non-hydrogen) atoms. The quantitative estimate of drug-likeness (QED) is 0.784. The molecule has 1 aromatic rings. The Morgan fingerprint density at radius 1 is 1.19 bits per heavy atom. The molecule has 0 aliphatic heterocycles. The highest BCUT2D eigenvalue weighted by molar-refractivity contribution is 5.43. The molecule has 3 heteroatoms. The topological polar surface area (TPSA) is 48.0 Å². The van der Waals surface area contributed by atoms with Crippen LogP contribution < -0.4 is 11.3 Å². The molecule has 0 amide bonds. The molecule has 2 N–H and O–H groups in total. The lowest BCUT2D eigenvalue weighted by atomic mass is 10.1. The first-order valence-electron chi connectivity index (χ1n) is 6.30. The first-order valence-corrected chi connectivity index (χ1v) is 6.30. The van der Waals surface area contributed by atoms with E-state index in [1.54, 1.807) is 0 Å². The summed E-state index contributed by atoms with van der Waals surface area (Å²) in [5, 5.41) is 0. The van der Waals surface area contributed by atoms with E-state index in [1.165, 1.54) is 30.5 Å². The summed E-state index contributed by atoms with van der Waals surface area (Å²) in [5.74, 6) is 0. The largest absolute Gasteiger partial charge is 0.394 e. The first-order chi connectivity index (χ1) is 7.77. The molecule has 0 unspecified atom stereocenters. The summed E-state index contributed by atoms with van der Waals surface area (Å²) in [6, 6.07) is 2.32. The van der Waals surface area contributed by atoms with Gasteiger partial charge in [-0.2, -0.15) is 0 Å². The van der Waals surface area contributed by atoms with Crippen molar-refractivity contribution in [2.45, 2.75) is 51.0 Å². The smallest absolute Gasteiger partial charge is 0.274 e. The number of hydrogen-bond donors (Lipinski definition) is 1. The molecule has 86 valence electrons. The van der Waals surface area contributed by atoms with Crippen LogP contribution in [0.15, 0.2) is 10.9 Å². The number of anilines is 1. The number of aromatic nitrogens is 1. The Labute approximate surface area is 95.3 Å². The van der Waals surface area contributed by atoms with Gasteiger partial charge in [0, 0.05) is 11.7 Å². The fourth-order valence-electron chi connectivity index (χ4n) is 3.24. The van der Waals surface area contributed by atoms with E-state index in [9.17, 15) is 4.79 Å². The number of rotatable bonds is 1. The van der Waals surface area contributed by atoms with Crippen LogP contribution in [0.3, 0.4) is 0 Å². The van der Waals surface area contributed by atoms with Crippen molar-refractivity contribution in [1.82, 2.24) is 4.57 Å². The number of aryl methyl sites for hydroxylation is 1. The molecular weight excluding hydrogens is 200 g/mol. The number of nitrogens with two attached hydrogens (primary N) is 1. The van der Waals surface area contributed by atoms with E-state index in [0.29, 0.717) is 11.7 Å². The molecular formula is C13H18N2O. The Morgan fingerprint density at radius 2 is 1.94 bits per heavy atom. The van der Waals surface area contributed by atoms with Gasteiger partial charge in [-0.3, -0.25) is 4.79 Å². The minimum absolute atomic E-state index is 0.0487. The summed E-state index contributed by atoms with van der Waals surface area (Å²) in [7, 11) is 0. The highest BCUT2D eigenvalue weighted by Gasteiger charge is 2.25. The molecule has 2 aliphatic carbocycles. The third kappa shape index (κ3) is 1.38. The van der Waals surface area contributed by atoms with Gasteiger partial charge in [-0.15, -0.1) is 0 Å². The Hall–Kier alpha value is -1.25. The SMILES string of the molecule is Nc1cc2c(n(C3CCCC3)c1=O)CCC2. The maximum absolute atomic E-state index is 12.2. The highest BCUT2D eigenvalue weighted by Crippen LogP contribution is 2.32. The highest BCUT2D eigenvalue weighted by atomic mass is 16.1. The average molecular weight is 218 g/mol. The monoisotopic (exact) mass is 218 g/mol. The number of hydrogen-bond acceptors (Lipinski definition) is 2. The molecule has 3 nitrogen and oxygen atoms in total. The van der Waals surface area contributed by atoms with Crippen molar-refractivity contribution < 1.29 is 0 Å². The van der Waals surface area contributed by atoms with Crippen LogP contribution in [0, 0.1) is 0 Å². The average Bonchev–Trinajstić information content (AvgIpc) is 2.89. The third-order valence-electron chi connectivity index (χ3n) is 4.01. The molecule has 0 bridgehead atoms. The van der Waals surface area contributed by atoms with E-state index in [4.69, 9.17) is 5.73 Å². The lowest BCUT2D eigenvalue weighted by Gasteiger charge is -2.19. The second-order valence-electron chi connectivity index (χ2n) is 5.04. The molecule has 1 fully saturated rings. The number of nitrogen functional groups attached to an aromatic ring is 1. The van der Waals surface area contributed by atoms with Crippen molar-refractivity contribution in [3.05, 3.63) is 27.7 Å². The summed E-state index contributed by atoms with van der Waals surface area (Å²) < 4.78 is 2.02. The van der Waals surface area contributed by atoms with Crippen LogP contribution >= 0.6 is 0 Å². The predicted molar refractivity (Wildman–Crippen MR) is 64.6 cm³/mol. The predicted octanol–water partition coefficient (Wildman–Crippen LogP) is 2.03. The summed E-state index contributed by atoms with van der Waals surface area (Å²) in [4.78, 5) is 12.2. The van der Waals surface area contributed by atoms with E-state index < -0.39 is 0 Å². The second-order valence-corrected chi connectivity index (χ2v) is 5.04. The number of nitrogens with zero attached hydrogens (tertiary/aromatic N) is 1. The van der Waals surface area contributed by atoms with Crippen LogP contribution in [0.2, 0.25) is 0 Å². The number of fused-ring (bicyclic) bond motifs is 1. The normalized spacial score (nSPS) is 20.2. The lowest BCUT2D eigenvalue weighted by Crippen LogP contribution is -2.28. The summed E-state index contributed by atoms with van der Waals surface area (Å²) >= 11 is 0. The van der Waals surface area contributed by atoms with Gasteiger partial charge in [-0.1, -0.05) is 12.8 Å². The van der Waals surface area contributed by atoms with Crippen LogP contribution in [-0.2, 0) is 12.8 Å². The maximum Gasteiger partial charge on any atom is 0.274 e. The Kier molecular flexibility index (Phi) is 2.27. The van der Waals surface area contributed by atoms with Gasteiger partial charge in [0.25, 0.3) is 5.56 Å². The zero-order valence-corrected chi connectivity index (χ0v) is 9.54. The van der Waals surface area contributed by atoms with Crippen molar-refractivity contribution in [3.8, 4) is 0 Å². The zero-order valence-electron chi connectivity index (χ0n) is 9.54. The van der Waals surface area contributed by atoms with Crippen molar-refractivity contribution in [2.75, 3.05) is 5.73 Å². The van der Waals surface area contributed by atoms with E-state index in [2.05, 4.69) is 0 Å². The van der Waals surface area contributed by atoms with Gasteiger partial charge < -0.3 is 10.3 Å². The fourth-order valence-corrected chi connectivity index (χ4v) is 3.24. The Morgan fingerprint density at radius 3 is 2.69 bits per heavy atom. The third-order valence-corrected chi connectivity index (χ3v) is 4.01. The van der Waals surface area contributed by atoms with Crippen molar-refractivity contribution >= 4 is 5.69 Å². The first kappa shape index (κ1) is 9.94. The van der Waals surface area contributed by atoms with E-state index in [-0.39, 0.29) is 5.56 Å². The zero-order chi connectivity index (χ0) is 11.1. The maximum atomic E-state index is 12.2. The Balaban J connectivity index is 2.18. The molecule has 0 saturated heterocycles. The summed E-state index contributed by atoms with van der Waals surface area (Å²) in [5.41, 5.74) is 8.89. The van der Waals surface area contributed by atoms with Crippen molar-refractivity contribution in [1.29, 1.82) is 0 Å². The molecule has 3 rings (SSSR count). The van der Waals surface area contributed by atoms with Crippen LogP contribution in [-0.4, -0.2) is 4.57 Å². The molecule has 0 spiro atoms. The second kappa shape index (κ2) is 3.65. The van der Waals surface area contributed by atoms with E-state index in [0.717, 1.165) is 25.7 Å². The molecule has 0 atom stereocenters. The van der Waals surface area contributed by atoms with Crippen LogP contribution in [0.25, 0.3) is 0 Å². The van der Waals surface area contributed by atoms with E-state index >= 15 is 0 Å². The van der Waals surface area contributed by atoms with Gasteiger partial charge in [0.2, 0.25) is 0 Å². The van der Waals surface area contributed by atoms with Gasteiger partial charge >= 0.3 is 0 Å². The molecule has 1 heterocycles. The van der Waals surface area contributed by atoms with Crippen LogP contribution in [0.1, 0.15) is 49.4 Å². The molecule has 0 aromatic carbocycles. The standard InChI is InChI=1S/C13H18N2O/c14-11-8-9-4-3-7-12(9)15(13(11)16)10-5-1-2-6-10/h8,10H,1-7,14H2. The summed E-state index contributed by atoms with van der Waals surface area (Å²) in [6.45, 7) is 0. The molecule has 1 aromatic heterocycles.